The van der Waals surface area contributed by atoms with Crippen LogP contribution in [0.1, 0.15) is 47.8 Å². The summed E-state index contributed by atoms with van der Waals surface area (Å²) in [5, 5.41) is 13.1. The molecule has 0 atom stereocenters. The number of nitrogens with one attached hydrogen (secondary N) is 1. The van der Waals surface area contributed by atoms with Crippen LogP contribution < -0.4 is 10.1 Å². The van der Waals surface area contributed by atoms with Gasteiger partial charge in [0.2, 0.25) is 0 Å². The van der Waals surface area contributed by atoms with E-state index >= 15 is 0 Å². The molecule has 152 valence electrons. The van der Waals surface area contributed by atoms with Crippen molar-refractivity contribution in [3.63, 3.8) is 0 Å². The van der Waals surface area contributed by atoms with Crippen molar-refractivity contribution in [2.24, 2.45) is 5.41 Å². The van der Waals surface area contributed by atoms with E-state index in [9.17, 15) is 10.1 Å². The molecule has 0 radical (unpaired) electrons. The lowest BCUT2D eigenvalue weighted by Crippen LogP contribution is -2.31. The fraction of sp³-hybridized carbons (Fsp3) is 0.304. The number of hydrogen-bond donors (Lipinski definition) is 1. The van der Waals surface area contributed by atoms with Crippen molar-refractivity contribution in [1.82, 2.24) is 5.32 Å². The summed E-state index contributed by atoms with van der Waals surface area (Å²) in [6.45, 7) is 9.75. The molecule has 0 unspecified atom stereocenters. The van der Waals surface area contributed by atoms with Gasteiger partial charge in [0.25, 0.3) is 5.91 Å². The van der Waals surface area contributed by atoms with E-state index in [4.69, 9.17) is 27.9 Å². The highest BCUT2D eigenvalue weighted by atomic mass is 35.5. The number of carbonyl (C=O) groups is 1. The van der Waals surface area contributed by atoms with Crippen molar-refractivity contribution in [1.29, 1.82) is 5.26 Å². The number of allylic oxidation sites excluding steroid dienone is 2. The number of ether oxygens (including phenoxy) is 1. The Bertz CT molecular complexity index is 1010. The van der Waals surface area contributed by atoms with E-state index in [1.165, 1.54) is 7.11 Å². The molecule has 0 aliphatic carbocycles. The summed E-state index contributed by atoms with van der Waals surface area (Å²) in [5.74, 6) is -0.0608. The Morgan fingerprint density at radius 1 is 1.07 bits per heavy atom. The number of nitriles is 1. The average Bonchev–Trinajstić information content (AvgIpc) is 2.62. The van der Waals surface area contributed by atoms with Gasteiger partial charge in [0.05, 0.1) is 23.3 Å². The Morgan fingerprint density at radius 3 is 2.14 bits per heavy atom. The lowest BCUT2D eigenvalue weighted by atomic mass is 9.86. The Balaban J connectivity index is 2.60. The molecule has 0 saturated heterocycles. The van der Waals surface area contributed by atoms with Crippen molar-refractivity contribution >= 4 is 34.7 Å². The third kappa shape index (κ3) is 5.12. The van der Waals surface area contributed by atoms with Crippen molar-refractivity contribution < 1.29 is 9.53 Å². The number of methoxy groups -OCH3 is 1. The molecule has 6 heteroatoms. The van der Waals surface area contributed by atoms with Gasteiger partial charge in [0.15, 0.2) is 0 Å². The first-order valence-corrected chi connectivity index (χ1v) is 9.82. The van der Waals surface area contributed by atoms with Crippen LogP contribution >= 0.6 is 23.2 Å². The smallest absolute Gasteiger partial charge is 0.257 e. The Kier molecular flexibility index (Phi) is 7.00. The Morgan fingerprint density at radius 2 is 1.66 bits per heavy atom. The molecule has 2 aromatic carbocycles. The largest absolute Gasteiger partial charge is 0.495 e. The van der Waals surface area contributed by atoms with E-state index in [1.54, 1.807) is 12.1 Å². The SMILES string of the molecule is COc1ccc(C(=O)N/C(=C(/C#N)c2cc(C)cc(C)c2)C(C)(C)C)c(Cl)c1Cl. The van der Waals surface area contributed by atoms with Gasteiger partial charge in [0, 0.05) is 11.1 Å². The second-order valence-corrected chi connectivity index (χ2v) is 8.64. The molecule has 0 aliphatic heterocycles. The predicted molar refractivity (Wildman–Crippen MR) is 118 cm³/mol. The minimum atomic E-state index is -0.499. The van der Waals surface area contributed by atoms with Crippen molar-refractivity contribution in [3.8, 4) is 11.8 Å². The normalized spacial score (nSPS) is 12.1. The van der Waals surface area contributed by atoms with Gasteiger partial charge in [-0.1, -0.05) is 73.3 Å². The molecular formula is C23H24Cl2N2O2. The van der Waals surface area contributed by atoms with Gasteiger partial charge < -0.3 is 10.1 Å². The first kappa shape index (κ1) is 22.8. The molecule has 0 bridgehead atoms. The summed E-state index contributed by atoms with van der Waals surface area (Å²) < 4.78 is 5.13. The molecule has 0 saturated carbocycles. The van der Waals surface area contributed by atoms with Gasteiger partial charge in [-0.25, -0.2) is 0 Å². The maximum atomic E-state index is 13.0. The quantitative estimate of drug-likeness (QED) is 0.576. The number of amides is 1. The van der Waals surface area contributed by atoms with Crippen LogP contribution in [-0.4, -0.2) is 13.0 Å². The van der Waals surface area contributed by atoms with E-state index < -0.39 is 11.3 Å². The van der Waals surface area contributed by atoms with Gasteiger partial charge in [-0.3, -0.25) is 4.79 Å². The molecule has 1 N–H and O–H groups in total. The fourth-order valence-corrected chi connectivity index (χ4v) is 3.54. The zero-order valence-corrected chi connectivity index (χ0v) is 18.9. The maximum absolute atomic E-state index is 13.0. The van der Waals surface area contributed by atoms with Crippen LogP contribution in [0.5, 0.6) is 5.75 Å². The molecule has 4 nitrogen and oxygen atoms in total. The number of carbonyl (C=O) groups excluding carboxylic acids is 1. The molecule has 2 aromatic rings. The van der Waals surface area contributed by atoms with Gasteiger partial charge >= 0.3 is 0 Å². The summed E-state index contributed by atoms with van der Waals surface area (Å²) >= 11 is 12.5. The molecule has 0 aliphatic rings. The van der Waals surface area contributed by atoms with Crippen molar-refractivity contribution in [2.75, 3.05) is 7.11 Å². The van der Waals surface area contributed by atoms with Crippen LogP contribution in [0.25, 0.3) is 5.57 Å². The third-order valence-electron chi connectivity index (χ3n) is 4.37. The van der Waals surface area contributed by atoms with Crippen LogP contribution in [0.15, 0.2) is 36.0 Å². The summed E-state index contributed by atoms with van der Waals surface area (Å²) in [7, 11) is 1.47. The Labute approximate surface area is 182 Å². The van der Waals surface area contributed by atoms with Gasteiger partial charge in [-0.2, -0.15) is 5.26 Å². The van der Waals surface area contributed by atoms with Gasteiger partial charge in [-0.15, -0.1) is 0 Å². The molecule has 1 amide bonds. The number of nitrogens with zero attached hydrogens (tertiary/aromatic N) is 1. The highest BCUT2D eigenvalue weighted by Gasteiger charge is 2.26. The number of rotatable bonds is 4. The predicted octanol–water partition coefficient (Wildman–Crippen LogP) is 6.33. The van der Waals surface area contributed by atoms with Crippen LogP contribution in [0.4, 0.5) is 0 Å². The fourth-order valence-electron chi connectivity index (χ4n) is 3.05. The van der Waals surface area contributed by atoms with Crippen LogP contribution in [0, 0.1) is 30.6 Å². The van der Waals surface area contributed by atoms with E-state index in [-0.39, 0.29) is 15.6 Å². The summed E-state index contributed by atoms with van der Waals surface area (Å²) in [4.78, 5) is 13.0. The minimum absolute atomic E-state index is 0.0988. The topological polar surface area (TPSA) is 62.1 Å². The molecule has 29 heavy (non-hydrogen) atoms. The zero-order chi connectivity index (χ0) is 21.9. The van der Waals surface area contributed by atoms with Crippen molar-refractivity contribution in [2.45, 2.75) is 34.6 Å². The van der Waals surface area contributed by atoms with E-state index in [2.05, 4.69) is 11.4 Å². The number of halogens is 2. The minimum Gasteiger partial charge on any atom is -0.495 e. The molecule has 0 heterocycles. The van der Waals surface area contributed by atoms with E-state index in [0.717, 1.165) is 16.7 Å². The lowest BCUT2D eigenvalue weighted by molar-refractivity contribution is 0.0958. The van der Waals surface area contributed by atoms with E-state index in [0.29, 0.717) is 17.0 Å². The zero-order valence-electron chi connectivity index (χ0n) is 17.4. The highest BCUT2D eigenvalue weighted by molar-refractivity contribution is 6.44. The molecular weight excluding hydrogens is 407 g/mol. The second kappa shape index (κ2) is 8.90. The maximum Gasteiger partial charge on any atom is 0.257 e. The van der Waals surface area contributed by atoms with Crippen LogP contribution in [0.2, 0.25) is 10.0 Å². The highest BCUT2D eigenvalue weighted by Crippen LogP contribution is 2.36. The third-order valence-corrected chi connectivity index (χ3v) is 5.24. The summed E-state index contributed by atoms with van der Waals surface area (Å²) in [6.07, 6.45) is 0. The number of benzene rings is 2. The number of hydrogen-bond acceptors (Lipinski definition) is 3. The first-order chi connectivity index (χ1) is 13.5. The molecule has 0 aromatic heterocycles. The molecule has 0 fully saturated rings. The standard InChI is InChI=1S/C23H24Cl2N2O2/c1-13-9-14(2)11-15(10-13)17(12-26)21(23(3,4)5)27-22(28)16-7-8-18(29-6)20(25)19(16)24/h7-11H,1-6H3,(H,27,28)/b21-17-. The van der Waals surface area contributed by atoms with Crippen LogP contribution in [0.3, 0.4) is 0 Å². The summed E-state index contributed by atoms with van der Waals surface area (Å²) in [5.41, 5.74) is 3.47. The first-order valence-electron chi connectivity index (χ1n) is 9.06. The monoisotopic (exact) mass is 430 g/mol. The lowest BCUT2D eigenvalue weighted by Gasteiger charge is -2.26. The molecule has 0 spiro atoms. The van der Waals surface area contributed by atoms with E-state index in [1.807, 2.05) is 52.8 Å². The average molecular weight is 431 g/mol. The molecule has 2 rings (SSSR count). The van der Waals surface area contributed by atoms with Gasteiger partial charge in [0.1, 0.15) is 16.8 Å². The van der Waals surface area contributed by atoms with Crippen molar-refractivity contribution in [3.05, 3.63) is 68.3 Å². The van der Waals surface area contributed by atoms with Crippen LogP contribution in [-0.2, 0) is 0 Å². The second-order valence-electron chi connectivity index (χ2n) is 7.89. The summed E-state index contributed by atoms with van der Waals surface area (Å²) in [6, 6.07) is 11.3. The van der Waals surface area contributed by atoms with Gasteiger partial charge in [-0.05, 0) is 31.5 Å². The number of aryl methyl sites for hydroxylation is 2. The Hall–Kier alpha value is -2.48.